The van der Waals surface area contributed by atoms with E-state index in [-0.39, 0.29) is 5.71 Å². The normalized spacial score (nSPS) is 13.2. The number of carbonyl (C=O) groups is 1. The quantitative estimate of drug-likeness (QED) is 0.564. The van der Waals surface area contributed by atoms with Crippen LogP contribution < -0.4 is 10.6 Å². The summed E-state index contributed by atoms with van der Waals surface area (Å²) in [6.07, 6.45) is 0. The molecule has 0 amide bonds. The van der Waals surface area contributed by atoms with Gasteiger partial charge in [0.2, 0.25) is 0 Å². The zero-order valence-electron chi connectivity index (χ0n) is 11.6. The Balaban J connectivity index is 2.70. The molecule has 0 aliphatic carbocycles. The Kier molecular flexibility index (Phi) is 4.50. The molecule has 2 nitrogen and oxygen atoms in total. The molecule has 0 saturated carbocycles. The third-order valence-electron chi connectivity index (χ3n) is 3.44. The van der Waals surface area contributed by atoms with Gasteiger partial charge in [0.05, 0.1) is 0 Å². The van der Waals surface area contributed by atoms with Gasteiger partial charge in [-0.25, -0.2) is 0 Å². The summed E-state index contributed by atoms with van der Waals surface area (Å²) in [5, 5.41) is 2.09. The van der Waals surface area contributed by atoms with Crippen LogP contribution in [-0.4, -0.2) is 19.0 Å². The van der Waals surface area contributed by atoms with Gasteiger partial charge in [0.25, 0.3) is 0 Å². The number of hydrogen-bond donors (Lipinski definition) is 0. The summed E-state index contributed by atoms with van der Waals surface area (Å²) in [5.74, 6) is 0. The van der Waals surface area contributed by atoms with Crippen molar-refractivity contribution in [3.05, 3.63) is 60.7 Å². The summed E-state index contributed by atoms with van der Waals surface area (Å²) in [6.45, 7) is 4.30. The topological polar surface area (TPSA) is 26.3 Å². The molecule has 0 heterocycles. The van der Waals surface area contributed by atoms with E-state index in [1.165, 1.54) is 0 Å². The fourth-order valence-electron chi connectivity index (χ4n) is 2.20. The van der Waals surface area contributed by atoms with E-state index >= 15 is 0 Å². The van der Waals surface area contributed by atoms with E-state index in [1.54, 1.807) is 0 Å². The summed E-state index contributed by atoms with van der Waals surface area (Å²) < 4.78 is 2.42. The first-order chi connectivity index (χ1) is 9.49. The third-order valence-corrected chi connectivity index (χ3v) is 12.0. The van der Waals surface area contributed by atoms with Crippen molar-refractivity contribution in [2.75, 3.05) is 13.3 Å². The van der Waals surface area contributed by atoms with Crippen molar-refractivity contribution in [2.45, 2.75) is 6.92 Å². The molecule has 0 aliphatic rings. The number of halogens is 1. The Bertz CT molecular complexity index is 553. The Labute approximate surface area is 132 Å². The van der Waals surface area contributed by atoms with Crippen LogP contribution in [0.4, 0.5) is 4.79 Å². The monoisotopic (exact) mass is 400 g/mol. The van der Waals surface area contributed by atoms with E-state index < -0.39 is 4.25 Å². The van der Waals surface area contributed by atoms with Gasteiger partial charge in [0, 0.05) is 0 Å². The minimum atomic E-state index is -3.01. The van der Waals surface area contributed by atoms with E-state index in [4.69, 9.17) is 4.74 Å². The third kappa shape index (κ3) is 2.49. The maximum atomic E-state index is 12.8. The predicted molar refractivity (Wildman–Crippen MR) is 96.0 cm³/mol. The van der Waals surface area contributed by atoms with Crippen LogP contribution in [0.5, 0.6) is 0 Å². The fourth-order valence-corrected chi connectivity index (χ4v) is 7.47. The van der Waals surface area contributed by atoms with Crippen molar-refractivity contribution in [2.24, 2.45) is 0 Å². The Hall–Kier alpha value is -0.930. The van der Waals surface area contributed by atoms with Crippen molar-refractivity contribution in [1.82, 2.24) is 0 Å². The molecule has 0 unspecified atom stereocenters. The van der Waals surface area contributed by atoms with Crippen LogP contribution in [0.2, 0.25) is 0 Å². The van der Waals surface area contributed by atoms with E-state index in [0.717, 1.165) is 10.6 Å². The van der Waals surface area contributed by atoms with E-state index in [9.17, 15) is 4.79 Å². The van der Waals surface area contributed by atoms with Gasteiger partial charge >= 0.3 is 133 Å². The summed E-state index contributed by atoms with van der Waals surface area (Å²) >= 11 is 2.35. The molecule has 0 atom stereocenters. The molecular formula is C16H18IO2P. The van der Waals surface area contributed by atoms with Crippen LogP contribution >= 0.6 is 26.3 Å². The average Bonchev–Trinajstić information content (AvgIpc) is 2.49. The number of hydrogen-bond acceptors (Lipinski definition) is 2. The van der Waals surface area contributed by atoms with Crippen molar-refractivity contribution in [3.63, 3.8) is 0 Å². The van der Waals surface area contributed by atoms with Gasteiger partial charge in [0.1, 0.15) is 0 Å². The van der Waals surface area contributed by atoms with E-state index in [1.807, 2.05) is 67.6 Å². The molecule has 2 aromatic rings. The second kappa shape index (κ2) is 5.82. The number of ether oxygens (including phenoxy) is 1. The second-order valence-corrected chi connectivity index (χ2v) is 16.3. The molecule has 2 aromatic carbocycles. The van der Waals surface area contributed by atoms with Crippen molar-refractivity contribution < 1.29 is 9.53 Å². The molecule has 106 valence electrons. The SMILES string of the molecule is CCOC(=O)P(C)(I)(c1ccccc1)c1ccccc1. The van der Waals surface area contributed by atoms with Gasteiger partial charge in [-0.2, -0.15) is 0 Å². The molecular weight excluding hydrogens is 382 g/mol. The number of carbonyl (C=O) groups excluding carboxylic acids is 1. The molecule has 0 saturated heterocycles. The molecule has 0 radical (unpaired) electrons. The molecule has 0 N–H and O–H groups in total. The average molecular weight is 400 g/mol. The van der Waals surface area contributed by atoms with Crippen LogP contribution in [0, 0.1) is 0 Å². The number of benzene rings is 2. The molecule has 0 fully saturated rings. The van der Waals surface area contributed by atoms with Gasteiger partial charge in [0.15, 0.2) is 0 Å². The van der Waals surface area contributed by atoms with E-state index in [2.05, 4.69) is 28.7 Å². The van der Waals surface area contributed by atoms with Crippen LogP contribution in [0.25, 0.3) is 0 Å². The van der Waals surface area contributed by atoms with Gasteiger partial charge in [-0.1, -0.05) is 0 Å². The summed E-state index contributed by atoms with van der Waals surface area (Å²) in [5.41, 5.74) is -0.114. The van der Waals surface area contributed by atoms with Crippen molar-refractivity contribution >= 4 is 42.6 Å². The second-order valence-electron chi connectivity index (χ2n) is 4.80. The van der Waals surface area contributed by atoms with Gasteiger partial charge in [-0.15, -0.1) is 0 Å². The fraction of sp³-hybridized carbons (Fsp3) is 0.188. The van der Waals surface area contributed by atoms with Gasteiger partial charge in [-0.05, 0) is 0 Å². The Morgan fingerprint density at radius 1 is 1.00 bits per heavy atom. The summed E-state index contributed by atoms with van der Waals surface area (Å²) in [6, 6.07) is 19.9. The molecule has 0 aliphatic heterocycles. The van der Waals surface area contributed by atoms with Gasteiger partial charge in [-0.3, -0.25) is 0 Å². The molecule has 0 aromatic heterocycles. The first-order valence-electron chi connectivity index (χ1n) is 6.51. The van der Waals surface area contributed by atoms with Crippen LogP contribution in [-0.2, 0) is 4.74 Å². The van der Waals surface area contributed by atoms with E-state index in [0.29, 0.717) is 6.61 Å². The maximum absolute atomic E-state index is 12.8. The van der Waals surface area contributed by atoms with Crippen LogP contribution in [0.3, 0.4) is 0 Å². The first kappa shape index (κ1) is 15.5. The summed E-state index contributed by atoms with van der Waals surface area (Å²) in [7, 11) is 0. The van der Waals surface area contributed by atoms with Crippen LogP contribution in [0.15, 0.2) is 60.7 Å². The Morgan fingerprint density at radius 3 is 1.75 bits per heavy atom. The first-order valence-corrected chi connectivity index (χ1v) is 12.0. The zero-order chi connectivity index (χ0) is 14.7. The predicted octanol–water partition coefficient (Wildman–Crippen LogP) is 4.33. The number of rotatable bonds is 4. The van der Waals surface area contributed by atoms with Crippen LogP contribution in [0.1, 0.15) is 6.92 Å². The van der Waals surface area contributed by atoms with Gasteiger partial charge < -0.3 is 0 Å². The molecule has 2 rings (SSSR count). The summed E-state index contributed by atoms with van der Waals surface area (Å²) in [4.78, 5) is 12.8. The Morgan fingerprint density at radius 2 is 1.40 bits per heavy atom. The molecule has 0 spiro atoms. The standard InChI is InChI=1S/C16H18IO2P/c1-3-19-16(18)20(2,17,14-10-6-4-7-11-14)15-12-8-5-9-13-15/h4-13H,3H2,1-2H3. The molecule has 4 heteroatoms. The molecule has 0 bridgehead atoms. The van der Waals surface area contributed by atoms with Crippen molar-refractivity contribution in [1.29, 1.82) is 0 Å². The zero-order valence-corrected chi connectivity index (χ0v) is 14.7. The molecule has 20 heavy (non-hydrogen) atoms. The van der Waals surface area contributed by atoms with Crippen molar-refractivity contribution in [3.8, 4) is 0 Å². The minimum absolute atomic E-state index is 0.114.